The number of para-hydroxylation sites is 5. The summed E-state index contributed by atoms with van der Waals surface area (Å²) in [5, 5.41) is 7.64. The van der Waals surface area contributed by atoms with E-state index in [0.29, 0.717) is 0 Å². The molecule has 0 radical (unpaired) electrons. The molecule has 54 heavy (non-hydrogen) atoms. The molecule has 11 aromatic rings. The van der Waals surface area contributed by atoms with Crippen LogP contribution in [0.1, 0.15) is 25.0 Å². The lowest BCUT2D eigenvalue weighted by molar-refractivity contribution is 0.666. The second-order valence-corrected chi connectivity index (χ2v) is 15.3. The summed E-state index contributed by atoms with van der Waals surface area (Å²) in [7, 11) is 0. The maximum absolute atomic E-state index is 3.80. The van der Waals surface area contributed by atoms with E-state index in [-0.39, 0.29) is 5.41 Å². The molecule has 3 heteroatoms. The zero-order valence-corrected chi connectivity index (χ0v) is 30.1. The van der Waals surface area contributed by atoms with Gasteiger partial charge < -0.3 is 14.1 Å². The lowest BCUT2D eigenvalue weighted by atomic mass is 9.80. The summed E-state index contributed by atoms with van der Waals surface area (Å²) < 4.78 is 4.98. The van der Waals surface area contributed by atoms with E-state index >= 15 is 0 Å². The van der Waals surface area contributed by atoms with E-state index in [9.17, 15) is 0 Å². The molecule has 0 aliphatic heterocycles. The predicted octanol–water partition coefficient (Wildman–Crippen LogP) is 13.5. The van der Waals surface area contributed by atoms with E-state index in [4.69, 9.17) is 0 Å². The molecule has 0 saturated heterocycles. The Bertz CT molecular complexity index is 3370. The number of nitrogens with zero attached hydrogens (tertiary/aromatic N) is 2. The van der Waals surface area contributed by atoms with Gasteiger partial charge in [-0.05, 0) is 64.7 Å². The molecule has 3 nitrogen and oxygen atoms in total. The molecule has 0 fully saturated rings. The number of fused-ring (bicyclic) bond motifs is 14. The van der Waals surface area contributed by atoms with Crippen molar-refractivity contribution in [3.05, 3.63) is 181 Å². The molecule has 0 unspecified atom stereocenters. The molecule has 0 bridgehead atoms. The summed E-state index contributed by atoms with van der Waals surface area (Å²) in [4.78, 5) is 3.80. The van der Waals surface area contributed by atoms with Crippen LogP contribution in [0.15, 0.2) is 170 Å². The minimum Gasteiger partial charge on any atom is -0.354 e. The molecule has 3 aromatic heterocycles. The Balaban J connectivity index is 1.15. The fourth-order valence-electron chi connectivity index (χ4n) is 10.0. The van der Waals surface area contributed by atoms with Crippen LogP contribution >= 0.6 is 0 Å². The van der Waals surface area contributed by atoms with Crippen molar-refractivity contribution in [3.63, 3.8) is 0 Å². The first-order valence-electron chi connectivity index (χ1n) is 18.9. The summed E-state index contributed by atoms with van der Waals surface area (Å²) in [6.45, 7) is 4.78. The van der Waals surface area contributed by atoms with Gasteiger partial charge in [-0.25, -0.2) is 0 Å². The van der Waals surface area contributed by atoms with Crippen LogP contribution in [0.3, 0.4) is 0 Å². The molecule has 1 N–H and O–H groups in total. The van der Waals surface area contributed by atoms with Crippen LogP contribution in [0.5, 0.6) is 0 Å². The molecule has 1 aliphatic rings. The van der Waals surface area contributed by atoms with Gasteiger partial charge in [-0.15, -0.1) is 0 Å². The van der Waals surface area contributed by atoms with Crippen molar-refractivity contribution in [2.45, 2.75) is 19.3 Å². The third kappa shape index (κ3) is 3.75. The summed E-state index contributed by atoms with van der Waals surface area (Å²) in [6, 6.07) is 62.6. The number of benzene rings is 8. The Labute approximate surface area is 312 Å². The summed E-state index contributed by atoms with van der Waals surface area (Å²) in [6.07, 6.45) is 0. The van der Waals surface area contributed by atoms with Crippen LogP contribution in [0.4, 0.5) is 0 Å². The van der Waals surface area contributed by atoms with Gasteiger partial charge in [0.2, 0.25) is 0 Å². The number of rotatable bonds is 3. The molecule has 0 saturated carbocycles. The van der Waals surface area contributed by atoms with Gasteiger partial charge >= 0.3 is 0 Å². The minimum atomic E-state index is -0.126. The van der Waals surface area contributed by atoms with E-state index < -0.39 is 0 Å². The number of aromatic nitrogens is 3. The first kappa shape index (κ1) is 29.7. The van der Waals surface area contributed by atoms with Crippen LogP contribution in [0, 0.1) is 0 Å². The summed E-state index contributed by atoms with van der Waals surface area (Å²) >= 11 is 0. The van der Waals surface area contributed by atoms with E-state index in [1.165, 1.54) is 99.0 Å². The van der Waals surface area contributed by atoms with E-state index in [2.05, 4.69) is 198 Å². The highest BCUT2D eigenvalue weighted by atomic mass is 15.0. The maximum atomic E-state index is 3.80. The maximum Gasteiger partial charge on any atom is 0.0566 e. The molecule has 254 valence electrons. The first-order chi connectivity index (χ1) is 26.6. The third-order valence-electron chi connectivity index (χ3n) is 12.2. The third-order valence-corrected chi connectivity index (χ3v) is 12.2. The van der Waals surface area contributed by atoms with Gasteiger partial charge in [0.15, 0.2) is 0 Å². The van der Waals surface area contributed by atoms with Crippen molar-refractivity contribution >= 4 is 65.4 Å². The van der Waals surface area contributed by atoms with Crippen molar-refractivity contribution in [3.8, 4) is 33.6 Å². The Kier molecular flexibility index (Phi) is 5.84. The Morgan fingerprint density at radius 1 is 0.389 bits per heavy atom. The van der Waals surface area contributed by atoms with E-state index in [1.54, 1.807) is 0 Å². The molecule has 0 amide bonds. The standard InChI is InChI=1S/C51H35N3/c1-51(2)39-21-9-3-15-31(39)35-27-29-45-47(49(35)51)37-19-7-13-25-43(37)53(45)41-23-11-5-17-33(41)34-18-6-12-24-42(34)54-44-26-14-8-20-38(44)48-46(54)30-28-36-32-16-4-10-22-40(32)52-50(36)48/h3-30,52H,1-2H3. The van der Waals surface area contributed by atoms with Gasteiger partial charge in [0.1, 0.15) is 0 Å². The SMILES string of the molecule is CC1(C)c2ccccc2-c2ccc3c(c21)c1ccccc1n3-c1ccccc1-c1ccccc1-n1c2ccccc2c2c3[nH]c4ccccc4c3ccc21. The number of aromatic amines is 1. The molecule has 1 aliphatic carbocycles. The number of hydrogen-bond donors (Lipinski definition) is 1. The quantitative estimate of drug-likeness (QED) is 0.191. The topological polar surface area (TPSA) is 25.6 Å². The number of H-pyrrole nitrogens is 1. The minimum absolute atomic E-state index is 0.126. The van der Waals surface area contributed by atoms with E-state index in [1.807, 2.05) is 0 Å². The molecule has 0 spiro atoms. The molecule has 8 aromatic carbocycles. The van der Waals surface area contributed by atoms with Crippen LogP contribution in [-0.4, -0.2) is 14.1 Å². The molecular formula is C51H35N3. The summed E-state index contributed by atoms with van der Waals surface area (Å²) in [5.41, 5.74) is 17.3. The lowest BCUT2D eigenvalue weighted by Crippen LogP contribution is -2.15. The van der Waals surface area contributed by atoms with Gasteiger partial charge in [-0.1, -0.05) is 141 Å². The first-order valence-corrected chi connectivity index (χ1v) is 18.9. The predicted molar refractivity (Wildman–Crippen MR) is 227 cm³/mol. The highest BCUT2D eigenvalue weighted by molar-refractivity contribution is 6.25. The van der Waals surface area contributed by atoms with Gasteiger partial charge in [0.05, 0.1) is 39.0 Å². The highest BCUT2D eigenvalue weighted by Gasteiger charge is 2.38. The molecule has 0 atom stereocenters. The highest BCUT2D eigenvalue weighted by Crippen LogP contribution is 2.53. The lowest BCUT2D eigenvalue weighted by Gasteiger charge is -2.23. The largest absolute Gasteiger partial charge is 0.354 e. The monoisotopic (exact) mass is 689 g/mol. The fraction of sp³-hybridized carbons (Fsp3) is 0.0588. The summed E-state index contributed by atoms with van der Waals surface area (Å²) in [5.74, 6) is 0. The number of nitrogens with one attached hydrogen (secondary N) is 1. The van der Waals surface area contributed by atoms with Gasteiger partial charge in [-0.2, -0.15) is 0 Å². The normalized spacial score (nSPS) is 13.5. The van der Waals surface area contributed by atoms with Crippen molar-refractivity contribution < 1.29 is 0 Å². The molecule has 12 rings (SSSR count). The van der Waals surface area contributed by atoms with Crippen molar-refractivity contribution in [2.75, 3.05) is 0 Å². The second kappa shape index (κ2) is 10.6. The van der Waals surface area contributed by atoms with Crippen molar-refractivity contribution in [1.82, 2.24) is 14.1 Å². The van der Waals surface area contributed by atoms with Crippen molar-refractivity contribution in [1.29, 1.82) is 0 Å². The van der Waals surface area contributed by atoms with Crippen LogP contribution in [-0.2, 0) is 5.41 Å². The van der Waals surface area contributed by atoms with Gasteiger partial charge in [0.25, 0.3) is 0 Å². The zero-order chi connectivity index (χ0) is 35.7. The molecule has 3 heterocycles. The van der Waals surface area contributed by atoms with Crippen LogP contribution in [0.2, 0.25) is 0 Å². The van der Waals surface area contributed by atoms with Crippen LogP contribution in [0.25, 0.3) is 99.0 Å². The number of hydrogen-bond acceptors (Lipinski definition) is 0. The smallest absolute Gasteiger partial charge is 0.0566 e. The molecular weight excluding hydrogens is 655 g/mol. The Hall–Kier alpha value is -6.84. The van der Waals surface area contributed by atoms with Crippen molar-refractivity contribution in [2.24, 2.45) is 0 Å². The van der Waals surface area contributed by atoms with Gasteiger partial charge in [-0.3, -0.25) is 0 Å². The Morgan fingerprint density at radius 2 is 0.907 bits per heavy atom. The average Bonchev–Trinajstić information content (AvgIpc) is 3.93. The van der Waals surface area contributed by atoms with Gasteiger partial charge in [0, 0.05) is 54.4 Å². The fourth-order valence-corrected chi connectivity index (χ4v) is 10.0. The second-order valence-electron chi connectivity index (χ2n) is 15.3. The zero-order valence-electron chi connectivity index (χ0n) is 30.1. The van der Waals surface area contributed by atoms with E-state index in [0.717, 1.165) is 11.2 Å². The van der Waals surface area contributed by atoms with Crippen LogP contribution < -0.4 is 0 Å². The Morgan fingerprint density at radius 3 is 1.61 bits per heavy atom. The average molecular weight is 690 g/mol.